The third kappa shape index (κ3) is 6.53. The summed E-state index contributed by atoms with van der Waals surface area (Å²) in [5.41, 5.74) is 0.594. The molecule has 0 aromatic heterocycles. The van der Waals surface area contributed by atoms with Crippen molar-refractivity contribution in [3.63, 3.8) is 0 Å². The maximum Gasteiger partial charge on any atom is 0.137 e. The predicted octanol–water partition coefficient (Wildman–Crippen LogP) is 1.60. The number of methoxy groups -OCH3 is 1. The fourth-order valence-electron chi connectivity index (χ4n) is 1.39. The van der Waals surface area contributed by atoms with Crippen LogP contribution in [0.15, 0.2) is 18.2 Å². The molecule has 0 bridgehead atoms. The lowest BCUT2D eigenvalue weighted by Crippen LogP contribution is -2.10. The highest BCUT2D eigenvalue weighted by atomic mass is 19.1. The van der Waals surface area contributed by atoms with Gasteiger partial charge in [-0.3, -0.25) is 0 Å². The van der Waals surface area contributed by atoms with Gasteiger partial charge < -0.3 is 19.3 Å². The molecule has 0 fully saturated rings. The number of benzene rings is 1. The smallest absolute Gasteiger partial charge is 0.137 e. The van der Waals surface area contributed by atoms with E-state index in [4.69, 9.17) is 19.3 Å². The largest absolute Gasteiger partial charge is 0.490 e. The summed E-state index contributed by atoms with van der Waals surface area (Å²) < 4.78 is 28.7. The van der Waals surface area contributed by atoms with E-state index in [2.05, 4.69) is 11.8 Å². The minimum atomic E-state index is -0.381. The zero-order valence-corrected chi connectivity index (χ0v) is 11.5. The summed E-state index contributed by atoms with van der Waals surface area (Å²) in [4.78, 5) is 0. The topological polar surface area (TPSA) is 47.9 Å². The molecule has 110 valence electrons. The molecule has 20 heavy (non-hydrogen) atoms. The van der Waals surface area contributed by atoms with Crippen molar-refractivity contribution in [2.75, 3.05) is 40.1 Å². The quantitative estimate of drug-likeness (QED) is 0.581. The summed E-state index contributed by atoms with van der Waals surface area (Å²) in [6.07, 6.45) is 0.372. The van der Waals surface area contributed by atoms with Gasteiger partial charge in [0.15, 0.2) is 0 Å². The van der Waals surface area contributed by atoms with Crippen LogP contribution in [0, 0.1) is 17.7 Å². The number of aliphatic hydroxyl groups excluding tert-OH is 1. The molecule has 1 N–H and O–H groups in total. The van der Waals surface area contributed by atoms with Gasteiger partial charge in [-0.05, 0) is 12.1 Å². The van der Waals surface area contributed by atoms with Crippen molar-refractivity contribution in [2.24, 2.45) is 0 Å². The summed E-state index contributed by atoms with van der Waals surface area (Å²) >= 11 is 0. The molecule has 0 aliphatic heterocycles. The zero-order chi connectivity index (χ0) is 14.6. The van der Waals surface area contributed by atoms with Crippen molar-refractivity contribution in [2.45, 2.75) is 6.42 Å². The molecule has 0 saturated carbocycles. The van der Waals surface area contributed by atoms with Gasteiger partial charge in [-0.1, -0.05) is 11.8 Å². The fourth-order valence-corrected chi connectivity index (χ4v) is 1.39. The van der Waals surface area contributed by atoms with Crippen LogP contribution in [0.2, 0.25) is 0 Å². The van der Waals surface area contributed by atoms with Crippen LogP contribution in [-0.4, -0.2) is 45.3 Å². The first kappa shape index (κ1) is 16.4. The summed E-state index contributed by atoms with van der Waals surface area (Å²) in [6.45, 7) is 1.72. The van der Waals surface area contributed by atoms with Gasteiger partial charge in [0.2, 0.25) is 0 Å². The normalized spacial score (nSPS) is 9.95. The van der Waals surface area contributed by atoms with Crippen LogP contribution < -0.4 is 4.74 Å². The number of halogens is 1. The molecule has 5 heteroatoms. The molecule has 0 saturated heterocycles. The molecule has 0 aliphatic carbocycles. The average Bonchev–Trinajstić information content (AvgIpc) is 2.45. The summed E-state index contributed by atoms with van der Waals surface area (Å²) in [5.74, 6) is 5.62. The minimum Gasteiger partial charge on any atom is -0.490 e. The van der Waals surface area contributed by atoms with Crippen molar-refractivity contribution < 1.29 is 23.7 Å². The van der Waals surface area contributed by atoms with E-state index >= 15 is 0 Å². The van der Waals surface area contributed by atoms with Crippen molar-refractivity contribution in [3.05, 3.63) is 29.6 Å². The van der Waals surface area contributed by atoms with Gasteiger partial charge in [0.25, 0.3) is 0 Å². The Labute approximate surface area is 118 Å². The van der Waals surface area contributed by atoms with Crippen LogP contribution in [0.3, 0.4) is 0 Å². The molecular weight excluding hydrogens is 263 g/mol. The van der Waals surface area contributed by atoms with Gasteiger partial charge in [-0.25, -0.2) is 4.39 Å². The molecule has 0 radical (unpaired) electrons. The second-order valence-corrected chi connectivity index (χ2v) is 3.87. The lowest BCUT2D eigenvalue weighted by Gasteiger charge is -2.09. The maximum atomic E-state index is 13.2. The van der Waals surface area contributed by atoms with Crippen LogP contribution in [0.25, 0.3) is 0 Å². The Morgan fingerprint density at radius 2 is 2.00 bits per heavy atom. The predicted molar refractivity (Wildman–Crippen MR) is 73.2 cm³/mol. The first-order chi connectivity index (χ1) is 9.77. The van der Waals surface area contributed by atoms with E-state index in [1.807, 2.05) is 0 Å². The summed E-state index contributed by atoms with van der Waals surface area (Å²) in [6, 6.07) is 4.17. The lowest BCUT2D eigenvalue weighted by atomic mass is 10.2. The first-order valence-electron chi connectivity index (χ1n) is 6.36. The fraction of sp³-hybridized carbons (Fsp3) is 0.467. The number of ether oxygens (including phenoxy) is 3. The van der Waals surface area contributed by atoms with Crippen LogP contribution in [0.4, 0.5) is 4.39 Å². The molecule has 1 rings (SSSR count). The Bertz CT molecular complexity index is 451. The Kier molecular flexibility index (Phi) is 8.40. The highest BCUT2D eigenvalue weighted by Gasteiger charge is 2.03. The van der Waals surface area contributed by atoms with Gasteiger partial charge >= 0.3 is 0 Å². The van der Waals surface area contributed by atoms with Crippen LogP contribution in [0.1, 0.15) is 12.0 Å². The maximum absolute atomic E-state index is 13.2. The molecule has 0 amide bonds. The SMILES string of the molecule is COCCOCCOc1cc(F)ccc1C#CCCO. The molecule has 0 atom stereocenters. The molecular formula is C15H19FO4. The highest BCUT2D eigenvalue weighted by Crippen LogP contribution is 2.19. The molecule has 0 heterocycles. The first-order valence-corrected chi connectivity index (χ1v) is 6.36. The van der Waals surface area contributed by atoms with Gasteiger partial charge in [-0.15, -0.1) is 0 Å². The number of aliphatic hydroxyl groups is 1. The van der Waals surface area contributed by atoms with Crippen LogP contribution in [-0.2, 0) is 9.47 Å². The lowest BCUT2D eigenvalue weighted by molar-refractivity contribution is 0.0543. The van der Waals surface area contributed by atoms with Crippen molar-refractivity contribution in [1.82, 2.24) is 0 Å². The number of rotatable bonds is 8. The van der Waals surface area contributed by atoms with Crippen molar-refractivity contribution >= 4 is 0 Å². The van der Waals surface area contributed by atoms with E-state index in [0.717, 1.165) is 0 Å². The summed E-state index contributed by atoms with van der Waals surface area (Å²) in [7, 11) is 1.60. The standard InChI is InChI=1S/C15H19FO4/c1-18-8-9-19-10-11-20-15-12-14(16)6-5-13(15)4-2-3-7-17/h5-6,12,17H,3,7-11H2,1H3. The van der Waals surface area contributed by atoms with Gasteiger partial charge in [0.05, 0.1) is 32.0 Å². The van der Waals surface area contributed by atoms with Gasteiger partial charge in [0.1, 0.15) is 18.2 Å². The minimum absolute atomic E-state index is 0.00226. The third-order valence-corrected chi connectivity index (χ3v) is 2.32. The molecule has 0 aliphatic rings. The Morgan fingerprint density at radius 1 is 1.20 bits per heavy atom. The molecule has 1 aromatic carbocycles. The average molecular weight is 282 g/mol. The molecule has 4 nitrogen and oxygen atoms in total. The Morgan fingerprint density at radius 3 is 2.75 bits per heavy atom. The Balaban J connectivity index is 2.50. The van der Waals surface area contributed by atoms with E-state index in [1.165, 1.54) is 12.1 Å². The van der Waals surface area contributed by atoms with Crippen molar-refractivity contribution in [1.29, 1.82) is 0 Å². The van der Waals surface area contributed by atoms with E-state index in [0.29, 0.717) is 44.2 Å². The Hall–Kier alpha value is -1.61. The molecule has 0 spiro atoms. The van der Waals surface area contributed by atoms with E-state index in [9.17, 15) is 4.39 Å². The summed E-state index contributed by atoms with van der Waals surface area (Å²) in [5, 5.41) is 8.68. The third-order valence-electron chi connectivity index (χ3n) is 2.32. The van der Waals surface area contributed by atoms with Crippen molar-refractivity contribution in [3.8, 4) is 17.6 Å². The second kappa shape index (κ2) is 10.2. The molecule has 0 unspecified atom stereocenters. The zero-order valence-electron chi connectivity index (χ0n) is 11.5. The van der Waals surface area contributed by atoms with E-state index < -0.39 is 0 Å². The second-order valence-electron chi connectivity index (χ2n) is 3.87. The number of hydrogen-bond acceptors (Lipinski definition) is 4. The number of hydrogen-bond donors (Lipinski definition) is 1. The van der Waals surface area contributed by atoms with Crippen LogP contribution >= 0.6 is 0 Å². The van der Waals surface area contributed by atoms with E-state index in [-0.39, 0.29) is 12.4 Å². The van der Waals surface area contributed by atoms with Crippen LogP contribution in [0.5, 0.6) is 5.75 Å². The highest BCUT2D eigenvalue weighted by molar-refractivity contribution is 5.46. The monoisotopic (exact) mass is 282 g/mol. The molecule has 1 aromatic rings. The van der Waals surface area contributed by atoms with Gasteiger partial charge in [-0.2, -0.15) is 0 Å². The van der Waals surface area contributed by atoms with Gasteiger partial charge in [0, 0.05) is 19.6 Å². The van der Waals surface area contributed by atoms with E-state index in [1.54, 1.807) is 13.2 Å².